The Morgan fingerprint density at radius 1 is 0.889 bits per heavy atom. The summed E-state index contributed by atoms with van der Waals surface area (Å²) in [5.74, 6) is -0.787. The summed E-state index contributed by atoms with van der Waals surface area (Å²) >= 11 is 7.31. The number of halogens is 2. The number of nitrogens with zero attached hydrogens (tertiary/aromatic N) is 2. The van der Waals surface area contributed by atoms with Gasteiger partial charge in [-0.25, -0.2) is 9.59 Å². The number of amides is 4. The van der Waals surface area contributed by atoms with E-state index in [-0.39, 0.29) is 34.3 Å². The Balaban J connectivity index is 1.58. The average molecular weight is 617 g/mol. The van der Waals surface area contributed by atoms with Gasteiger partial charge in [-0.15, -0.1) is 0 Å². The first kappa shape index (κ1) is 24.4. The first-order valence-corrected chi connectivity index (χ1v) is 14.7. The second kappa shape index (κ2) is 9.14. The molecule has 0 saturated heterocycles. The summed E-state index contributed by atoms with van der Waals surface area (Å²) in [5.41, 5.74) is 3.56. The molecular formula is C28H29Br2N2O4+. The number of rotatable bonds is 3. The zero-order valence-corrected chi connectivity index (χ0v) is 23.3. The van der Waals surface area contributed by atoms with Gasteiger partial charge in [0.1, 0.15) is 12.6 Å². The molecule has 1 aromatic carbocycles. The van der Waals surface area contributed by atoms with Gasteiger partial charge in [0.05, 0.1) is 11.1 Å². The molecule has 1 aromatic rings. The molecule has 188 valence electrons. The Labute approximate surface area is 227 Å². The van der Waals surface area contributed by atoms with Crippen LogP contribution in [0.15, 0.2) is 26.7 Å². The van der Waals surface area contributed by atoms with E-state index < -0.39 is 0 Å². The highest BCUT2D eigenvalue weighted by Crippen LogP contribution is 2.47. The molecular weight excluding hydrogens is 588 g/mol. The van der Waals surface area contributed by atoms with Gasteiger partial charge >= 0.3 is 12.3 Å². The lowest BCUT2D eigenvalue weighted by atomic mass is 9.83. The fourth-order valence-electron chi connectivity index (χ4n) is 7.16. The summed E-state index contributed by atoms with van der Waals surface area (Å²) in [6.07, 6.45) is 12.8. The maximum atomic E-state index is 14.3. The molecule has 0 spiro atoms. The van der Waals surface area contributed by atoms with Crippen LogP contribution in [-0.4, -0.2) is 52.1 Å². The van der Waals surface area contributed by atoms with Gasteiger partial charge in [-0.05, 0) is 80.8 Å². The van der Waals surface area contributed by atoms with E-state index in [2.05, 4.69) is 31.9 Å². The Hall–Kier alpha value is -1.90. The van der Waals surface area contributed by atoms with Gasteiger partial charge in [-0.3, -0.25) is 14.5 Å². The fourth-order valence-corrected chi connectivity index (χ4v) is 8.49. The number of hydrogen-bond donors (Lipinski definition) is 0. The zero-order chi connectivity index (χ0) is 25.2. The summed E-state index contributed by atoms with van der Waals surface area (Å²) in [5, 5.41) is 0. The molecule has 36 heavy (non-hydrogen) atoms. The number of carbonyl (C=O) groups is 4. The van der Waals surface area contributed by atoms with Crippen LogP contribution in [-0.2, 0) is 16.0 Å². The van der Waals surface area contributed by atoms with Crippen molar-refractivity contribution in [1.29, 1.82) is 0 Å². The van der Waals surface area contributed by atoms with Crippen LogP contribution >= 0.6 is 31.9 Å². The lowest BCUT2D eigenvalue weighted by Gasteiger charge is -2.39. The van der Waals surface area contributed by atoms with Crippen LogP contribution in [0.5, 0.6) is 0 Å². The zero-order valence-electron chi connectivity index (χ0n) is 20.2. The third-order valence-electron chi connectivity index (χ3n) is 8.90. The fraction of sp³-hybridized carbons (Fsp3) is 0.500. The summed E-state index contributed by atoms with van der Waals surface area (Å²) in [4.78, 5) is 56.3. The summed E-state index contributed by atoms with van der Waals surface area (Å²) < 4.78 is 0.916. The normalized spacial score (nSPS) is 27.1. The highest BCUT2D eigenvalue weighted by Gasteiger charge is 2.52. The van der Waals surface area contributed by atoms with Crippen molar-refractivity contribution in [2.45, 2.75) is 82.7 Å². The first-order valence-electron chi connectivity index (χ1n) is 13.1. The predicted octanol–water partition coefficient (Wildman–Crippen LogP) is 5.81. The topological polar surface area (TPSA) is 71.5 Å². The van der Waals surface area contributed by atoms with Crippen molar-refractivity contribution in [2.75, 3.05) is 6.54 Å². The maximum Gasteiger partial charge on any atom is 0.355 e. The van der Waals surface area contributed by atoms with Crippen LogP contribution in [0.3, 0.4) is 0 Å². The van der Waals surface area contributed by atoms with Gasteiger partial charge in [0, 0.05) is 45.4 Å². The van der Waals surface area contributed by atoms with Crippen molar-refractivity contribution in [1.82, 2.24) is 4.90 Å². The summed E-state index contributed by atoms with van der Waals surface area (Å²) in [6, 6.07) is 1.55. The Kier molecular flexibility index (Phi) is 6.20. The third-order valence-corrected chi connectivity index (χ3v) is 10.1. The van der Waals surface area contributed by atoms with Gasteiger partial charge < -0.3 is 0 Å². The largest absolute Gasteiger partial charge is 0.355 e. The molecule has 1 atom stereocenters. The van der Waals surface area contributed by atoms with E-state index >= 15 is 0 Å². The molecule has 3 aliphatic carbocycles. The number of carbonyl (C=O) groups excluding carboxylic acids is 4. The average Bonchev–Trinajstić information content (AvgIpc) is 3.10. The Morgan fingerprint density at radius 3 is 2.22 bits per heavy atom. The number of hydrogen-bond acceptors (Lipinski definition) is 4. The second-order valence-electron chi connectivity index (χ2n) is 10.9. The summed E-state index contributed by atoms with van der Waals surface area (Å²) in [7, 11) is 0. The molecule has 0 aromatic heterocycles. The molecule has 6 rings (SSSR count). The number of benzene rings is 1. The molecule has 6 nitrogen and oxygen atoms in total. The van der Waals surface area contributed by atoms with Crippen LogP contribution in [0, 0.1) is 0 Å². The van der Waals surface area contributed by atoms with Gasteiger partial charge in [-0.1, -0.05) is 25.7 Å². The molecule has 4 amide bonds. The SMILES string of the molecule is O=C[N+]1(C2CCCCC2)CC2=CC(Br)=C3C(=O)N(C4CCCCC4)C(=O)c4cc(Br)c(c(c43)C2)C1=O. The lowest BCUT2D eigenvalue weighted by molar-refractivity contribution is -0.788. The van der Waals surface area contributed by atoms with Gasteiger partial charge in [0.25, 0.3) is 11.8 Å². The van der Waals surface area contributed by atoms with Crippen LogP contribution in [0.4, 0.5) is 0 Å². The van der Waals surface area contributed by atoms with Crippen LogP contribution in [0.1, 0.15) is 96.1 Å². The maximum absolute atomic E-state index is 14.3. The van der Waals surface area contributed by atoms with Crippen molar-refractivity contribution in [3.05, 3.63) is 48.9 Å². The van der Waals surface area contributed by atoms with Crippen molar-refractivity contribution < 1.29 is 23.7 Å². The molecule has 1 unspecified atom stereocenters. The number of allylic oxidation sites excluding steroid dienone is 2. The molecule has 0 N–H and O–H groups in total. The highest BCUT2D eigenvalue weighted by atomic mass is 79.9. The number of quaternary nitrogens is 1. The second-order valence-corrected chi connectivity index (χ2v) is 12.6. The minimum absolute atomic E-state index is 0.0623. The third kappa shape index (κ3) is 3.51. The summed E-state index contributed by atoms with van der Waals surface area (Å²) in [6.45, 7) is 0.291. The lowest BCUT2D eigenvalue weighted by Crippen LogP contribution is -2.59. The Morgan fingerprint density at radius 2 is 1.56 bits per heavy atom. The molecule has 2 bridgehead atoms. The van der Waals surface area contributed by atoms with Crippen molar-refractivity contribution >= 4 is 61.6 Å². The minimum atomic E-state index is -0.283. The molecule has 8 heteroatoms. The van der Waals surface area contributed by atoms with Gasteiger partial charge in [0.2, 0.25) is 0 Å². The van der Waals surface area contributed by atoms with Crippen molar-refractivity contribution in [3.63, 3.8) is 0 Å². The predicted molar refractivity (Wildman–Crippen MR) is 142 cm³/mol. The van der Waals surface area contributed by atoms with Gasteiger partial charge in [0.15, 0.2) is 0 Å². The van der Waals surface area contributed by atoms with Crippen LogP contribution in [0.2, 0.25) is 0 Å². The van der Waals surface area contributed by atoms with Gasteiger partial charge in [-0.2, -0.15) is 4.48 Å². The quantitative estimate of drug-likeness (QED) is 0.244. The molecule has 0 radical (unpaired) electrons. The molecule has 2 saturated carbocycles. The van der Waals surface area contributed by atoms with Crippen LogP contribution < -0.4 is 0 Å². The van der Waals surface area contributed by atoms with E-state index in [1.54, 1.807) is 6.07 Å². The van der Waals surface area contributed by atoms with Crippen molar-refractivity contribution in [3.8, 4) is 0 Å². The minimum Gasteiger partial charge on any atom is -0.271 e. The van der Waals surface area contributed by atoms with E-state index in [0.29, 0.717) is 49.7 Å². The molecule has 2 heterocycles. The van der Waals surface area contributed by atoms with Crippen molar-refractivity contribution in [2.24, 2.45) is 0 Å². The molecule has 2 fully saturated rings. The molecule has 2 aliphatic heterocycles. The standard InChI is InChI=1S/C28H29Br2N2O4/c29-21-12-16-11-19-23-20(26(34)31(27(35)25(21)23)17-7-3-1-4-8-17)13-22(30)24(19)28(36)32(14-16,15-33)18-9-5-2-6-10-18/h12-13,15,17-18H,1-11,14H2/q+1. The first-order chi connectivity index (χ1) is 17.4. The van der Waals surface area contributed by atoms with E-state index in [4.69, 9.17) is 0 Å². The van der Waals surface area contributed by atoms with E-state index in [1.165, 1.54) is 4.90 Å². The number of fused-ring (bicyclic) bond motifs is 1. The Bertz CT molecular complexity index is 1270. The smallest absolute Gasteiger partial charge is 0.271 e. The monoisotopic (exact) mass is 615 g/mol. The molecule has 5 aliphatic rings. The van der Waals surface area contributed by atoms with E-state index in [0.717, 1.165) is 76.2 Å². The highest BCUT2D eigenvalue weighted by molar-refractivity contribution is 9.12. The van der Waals surface area contributed by atoms with E-state index in [1.807, 2.05) is 6.08 Å². The van der Waals surface area contributed by atoms with Crippen LogP contribution in [0.25, 0.3) is 5.57 Å². The number of imide groups is 2. The van der Waals surface area contributed by atoms with E-state index in [9.17, 15) is 19.2 Å².